The smallest absolute Gasteiger partial charge is 0.0797 e. The maximum absolute atomic E-state index is 4.27. The summed E-state index contributed by atoms with van der Waals surface area (Å²) in [7, 11) is 0. The molecule has 0 amide bonds. The van der Waals surface area contributed by atoms with Crippen molar-refractivity contribution in [1.29, 1.82) is 0 Å². The lowest BCUT2D eigenvalue weighted by molar-refractivity contribution is 1.01. The molecule has 0 atom stereocenters. The quantitative estimate of drug-likeness (QED) is 0.896. The molecule has 0 aliphatic rings. The Hall–Kier alpha value is -0.870. The summed E-state index contributed by atoms with van der Waals surface area (Å²) in [6.07, 6.45) is 1.03. The maximum Gasteiger partial charge on any atom is 0.0797 e. The summed E-state index contributed by atoms with van der Waals surface area (Å²) >= 11 is 5.26. The third-order valence-electron chi connectivity index (χ3n) is 3.00. The van der Waals surface area contributed by atoms with Gasteiger partial charge in [-0.2, -0.15) is 0 Å². The predicted molar refractivity (Wildman–Crippen MR) is 82.7 cm³/mol. The summed E-state index contributed by atoms with van der Waals surface area (Å²) in [4.78, 5) is 5.64. The van der Waals surface area contributed by atoms with Crippen molar-refractivity contribution in [2.45, 2.75) is 27.2 Å². The minimum absolute atomic E-state index is 0.951. The van der Waals surface area contributed by atoms with Crippen molar-refractivity contribution >= 4 is 33.0 Å². The standard InChI is InChI=1S/C14H17BrN2S/c1-9-6-12(15)7-10(2)14(9)16-5-4-13-11(3)17-8-18-13/h6-8,16H,4-5H2,1-3H3. The molecule has 1 heterocycles. The average molecular weight is 325 g/mol. The van der Waals surface area contributed by atoms with Crippen LogP contribution in [0.4, 0.5) is 5.69 Å². The number of hydrogen-bond acceptors (Lipinski definition) is 3. The van der Waals surface area contributed by atoms with E-state index in [2.05, 4.69) is 59.1 Å². The Morgan fingerprint density at radius 2 is 1.89 bits per heavy atom. The number of benzene rings is 1. The fourth-order valence-electron chi connectivity index (χ4n) is 2.06. The van der Waals surface area contributed by atoms with Gasteiger partial charge in [-0.05, 0) is 44.0 Å². The summed E-state index contributed by atoms with van der Waals surface area (Å²) in [5, 5.41) is 3.53. The number of rotatable bonds is 4. The van der Waals surface area contributed by atoms with Gasteiger partial charge in [0.2, 0.25) is 0 Å². The molecule has 0 aliphatic heterocycles. The topological polar surface area (TPSA) is 24.9 Å². The molecule has 96 valence electrons. The zero-order chi connectivity index (χ0) is 13.1. The van der Waals surface area contributed by atoms with E-state index >= 15 is 0 Å². The molecule has 0 spiro atoms. The van der Waals surface area contributed by atoms with Gasteiger partial charge in [-0.15, -0.1) is 11.3 Å². The minimum Gasteiger partial charge on any atom is -0.384 e. The Balaban J connectivity index is 2.01. The second-order valence-corrected chi connectivity index (χ2v) is 6.31. The fraction of sp³-hybridized carbons (Fsp3) is 0.357. The van der Waals surface area contributed by atoms with Gasteiger partial charge >= 0.3 is 0 Å². The molecule has 0 saturated heterocycles. The highest BCUT2D eigenvalue weighted by molar-refractivity contribution is 9.10. The number of aryl methyl sites for hydroxylation is 3. The zero-order valence-electron chi connectivity index (χ0n) is 10.9. The van der Waals surface area contributed by atoms with Gasteiger partial charge in [0.05, 0.1) is 11.2 Å². The highest BCUT2D eigenvalue weighted by atomic mass is 79.9. The molecule has 0 aliphatic carbocycles. The number of anilines is 1. The number of nitrogens with zero attached hydrogens (tertiary/aromatic N) is 1. The van der Waals surface area contributed by atoms with Gasteiger partial charge < -0.3 is 5.32 Å². The van der Waals surface area contributed by atoms with Gasteiger partial charge in [-0.25, -0.2) is 4.98 Å². The van der Waals surface area contributed by atoms with Crippen LogP contribution >= 0.6 is 27.3 Å². The lowest BCUT2D eigenvalue weighted by Gasteiger charge is -2.13. The van der Waals surface area contributed by atoms with Crippen LogP contribution in [0, 0.1) is 20.8 Å². The first-order valence-electron chi connectivity index (χ1n) is 5.97. The second-order valence-electron chi connectivity index (χ2n) is 4.45. The van der Waals surface area contributed by atoms with Crippen LogP contribution in [0.15, 0.2) is 22.1 Å². The SMILES string of the molecule is Cc1cc(Br)cc(C)c1NCCc1scnc1C. The van der Waals surface area contributed by atoms with E-state index in [1.54, 1.807) is 11.3 Å². The third kappa shape index (κ3) is 3.12. The Morgan fingerprint density at radius 1 is 1.22 bits per heavy atom. The molecule has 2 rings (SSSR count). The number of nitrogens with one attached hydrogen (secondary N) is 1. The van der Waals surface area contributed by atoms with Crippen molar-refractivity contribution in [2.24, 2.45) is 0 Å². The molecule has 2 nitrogen and oxygen atoms in total. The Kier molecular flexibility index (Phi) is 4.40. The van der Waals surface area contributed by atoms with E-state index in [4.69, 9.17) is 0 Å². The van der Waals surface area contributed by atoms with Crippen LogP contribution < -0.4 is 5.32 Å². The van der Waals surface area contributed by atoms with Gasteiger partial charge in [0.25, 0.3) is 0 Å². The van der Waals surface area contributed by atoms with Crippen molar-refractivity contribution < 1.29 is 0 Å². The van der Waals surface area contributed by atoms with E-state index in [9.17, 15) is 0 Å². The monoisotopic (exact) mass is 324 g/mol. The minimum atomic E-state index is 0.951. The van der Waals surface area contributed by atoms with E-state index < -0.39 is 0 Å². The molecule has 18 heavy (non-hydrogen) atoms. The van der Waals surface area contributed by atoms with Gasteiger partial charge in [0.1, 0.15) is 0 Å². The highest BCUT2D eigenvalue weighted by Gasteiger charge is 2.05. The molecule has 0 saturated carbocycles. The molecule has 1 aromatic heterocycles. The fourth-order valence-corrected chi connectivity index (χ4v) is 3.52. The second kappa shape index (κ2) is 5.85. The largest absolute Gasteiger partial charge is 0.384 e. The molecule has 4 heteroatoms. The number of halogens is 1. The summed E-state index contributed by atoms with van der Waals surface area (Å²) in [6.45, 7) is 7.30. The molecule has 0 fully saturated rings. The van der Waals surface area contributed by atoms with E-state index in [1.807, 2.05) is 5.51 Å². The third-order valence-corrected chi connectivity index (χ3v) is 4.45. The molecule has 0 unspecified atom stereocenters. The molecule has 1 N–H and O–H groups in total. The van der Waals surface area contributed by atoms with E-state index in [-0.39, 0.29) is 0 Å². The summed E-state index contributed by atoms with van der Waals surface area (Å²) in [5.41, 5.74) is 6.89. The summed E-state index contributed by atoms with van der Waals surface area (Å²) in [5.74, 6) is 0. The van der Waals surface area contributed by atoms with Gasteiger partial charge in [-0.1, -0.05) is 15.9 Å². The number of hydrogen-bond donors (Lipinski definition) is 1. The lowest BCUT2D eigenvalue weighted by Crippen LogP contribution is -2.07. The van der Waals surface area contributed by atoms with Crippen LogP contribution in [0.2, 0.25) is 0 Å². The summed E-state index contributed by atoms with van der Waals surface area (Å²) in [6, 6.07) is 4.29. The van der Waals surface area contributed by atoms with Crippen LogP contribution in [0.5, 0.6) is 0 Å². The van der Waals surface area contributed by atoms with Gasteiger partial charge in [0, 0.05) is 28.0 Å². The van der Waals surface area contributed by atoms with Gasteiger partial charge in [-0.3, -0.25) is 0 Å². The van der Waals surface area contributed by atoms with E-state index in [0.717, 1.165) is 23.1 Å². The van der Waals surface area contributed by atoms with Crippen molar-refractivity contribution in [3.8, 4) is 0 Å². The van der Waals surface area contributed by atoms with Crippen LogP contribution in [0.1, 0.15) is 21.7 Å². The van der Waals surface area contributed by atoms with Crippen LogP contribution in [0.25, 0.3) is 0 Å². The summed E-state index contributed by atoms with van der Waals surface area (Å²) < 4.78 is 1.14. The first-order chi connectivity index (χ1) is 8.58. The first kappa shape index (κ1) is 13.6. The number of aromatic nitrogens is 1. The molecule has 0 radical (unpaired) electrons. The maximum atomic E-state index is 4.27. The predicted octanol–water partition coefficient (Wildman–Crippen LogP) is 4.49. The highest BCUT2D eigenvalue weighted by Crippen LogP contribution is 2.25. The first-order valence-corrected chi connectivity index (χ1v) is 7.65. The Bertz CT molecular complexity index is 525. The molecule has 0 bridgehead atoms. The molecule has 1 aromatic carbocycles. The normalized spacial score (nSPS) is 10.7. The van der Waals surface area contributed by atoms with Crippen LogP contribution in [-0.2, 0) is 6.42 Å². The zero-order valence-corrected chi connectivity index (χ0v) is 13.3. The van der Waals surface area contributed by atoms with Crippen molar-refractivity contribution in [2.75, 3.05) is 11.9 Å². The van der Waals surface area contributed by atoms with Crippen molar-refractivity contribution in [1.82, 2.24) is 4.98 Å². The Morgan fingerprint density at radius 3 is 2.44 bits per heavy atom. The Labute approximate surface area is 121 Å². The van der Waals surface area contributed by atoms with E-state index in [0.29, 0.717) is 0 Å². The molecule has 2 aromatic rings. The van der Waals surface area contributed by atoms with E-state index in [1.165, 1.54) is 21.7 Å². The van der Waals surface area contributed by atoms with Crippen molar-refractivity contribution in [3.63, 3.8) is 0 Å². The molecular weight excluding hydrogens is 308 g/mol. The lowest BCUT2D eigenvalue weighted by atomic mass is 10.1. The molecular formula is C14H17BrN2S. The average Bonchev–Trinajstić information content (AvgIpc) is 2.68. The van der Waals surface area contributed by atoms with Crippen molar-refractivity contribution in [3.05, 3.63) is 43.8 Å². The van der Waals surface area contributed by atoms with Crippen LogP contribution in [0.3, 0.4) is 0 Å². The number of thiazole rings is 1. The van der Waals surface area contributed by atoms with Crippen LogP contribution in [-0.4, -0.2) is 11.5 Å². The van der Waals surface area contributed by atoms with Gasteiger partial charge in [0.15, 0.2) is 0 Å².